The van der Waals surface area contributed by atoms with Crippen LogP contribution in [0.25, 0.3) is 0 Å². The van der Waals surface area contributed by atoms with E-state index in [1.807, 2.05) is 0 Å². The molecule has 0 saturated carbocycles. The number of Topliss-reactive ketones (excluding diaryl/α,β-unsaturated/α-hetero) is 1. The standard InChI is InChI=1S/C17H14F3N3O3S/c1-2-4-13(25)22-15-10(5-3-6-11(15)17(18,19)20)12(24)9-14(26)23-16-21-7-8-27-16/h2-8H,9H2,1H3,(H,22,25)(H,21,23,26). The van der Waals surface area contributed by atoms with Crippen LogP contribution in [-0.2, 0) is 15.8 Å². The third-order valence-corrected chi connectivity index (χ3v) is 3.92. The Balaban J connectivity index is 2.32. The molecule has 27 heavy (non-hydrogen) atoms. The average molecular weight is 397 g/mol. The predicted molar refractivity (Wildman–Crippen MR) is 94.6 cm³/mol. The second kappa shape index (κ2) is 8.58. The van der Waals surface area contributed by atoms with Gasteiger partial charge in [-0.15, -0.1) is 11.3 Å². The van der Waals surface area contributed by atoms with Crippen molar-refractivity contribution in [3.8, 4) is 0 Å². The fraction of sp³-hybridized carbons (Fsp3) is 0.176. The molecule has 142 valence electrons. The van der Waals surface area contributed by atoms with Crippen LogP contribution < -0.4 is 10.6 Å². The number of halogens is 3. The molecule has 1 heterocycles. The maximum absolute atomic E-state index is 13.3. The quantitative estimate of drug-likeness (QED) is 0.440. The van der Waals surface area contributed by atoms with E-state index < -0.39 is 47.0 Å². The number of rotatable bonds is 6. The number of carbonyl (C=O) groups excluding carboxylic acids is 3. The number of aromatic nitrogens is 1. The molecule has 0 atom stereocenters. The summed E-state index contributed by atoms with van der Waals surface area (Å²) < 4.78 is 39.8. The number of hydrogen-bond donors (Lipinski definition) is 2. The number of hydrogen-bond acceptors (Lipinski definition) is 5. The molecule has 0 aliphatic carbocycles. The van der Waals surface area contributed by atoms with Crippen molar-refractivity contribution in [2.45, 2.75) is 19.5 Å². The first-order chi connectivity index (χ1) is 12.7. The average Bonchev–Trinajstić information content (AvgIpc) is 3.06. The Morgan fingerprint density at radius 3 is 2.56 bits per heavy atom. The van der Waals surface area contributed by atoms with Gasteiger partial charge in [-0.3, -0.25) is 14.4 Å². The van der Waals surface area contributed by atoms with Crippen molar-refractivity contribution in [2.75, 3.05) is 10.6 Å². The van der Waals surface area contributed by atoms with E-state index in [2.05, 4.69) is 15.6 Å². The number of thiazole rings is 1. The van der Waals surface area contributed by atoms with Crippen LogP contribution in [0.5, 0.6) is 0 Å². The lowest BCUT2D eigenvalue weighted by molar-refractivity contribution is -0.137. The number of para-hydroxylation sites is 1. The van der Waals surface area contributed by atoms with Crippen LogP contribution in [0, 0.1) is 0 Å². The second-order valence-electron chi connectivity index (χ2n) is 5.20. The van der Waals surface area contributed by atoms with Gasteiger partial charge >= 0.3 is 6.18 Å². The number of anilines is 2. The lowest BCUT2D eigenvalue weighted by Gasteiger charge is -2.16. The van der Waals surface area contributed by atoms with Crippen LogP contribution in [-0.4, -0.2) is 22.6 Å². The molecular weight excluding hydrogens is 383 g/mol. The summed E-state index contributed by atoms with van der Waals surface area (Å²) in [7, 11) is 0. The first-order valence-corrected chi connectivity index (χ1v) is 8.46. The van der Waals surface area contributed by atoms with Gasteiger partial charge in [-0.05, 0) is 25.1 Å². The van der Waals surface area contributed by atoms with Gasteiger partial charge in [-0.2, -0.15) is 13.2 Å². The molecule has 0 spiro atoms. The second-order valence-corrected chi connectivity index (χ2v) is 6.10. The molecule has 2 amide bonds. The Morgan fingerprint density at radius 2 is 1.96 bits per heavy atom. The van der Waals surface area contributed by atoms with Gasteiger partial charge in [-0.25, -0.2) is 4.98 Å². The van der Waals surface area contributed by atoms with Gasteiger partial charge in [0.05, 0.1) is 17.7 Å². The lowest BCUT2D eigenvalue weighted by atomic mass is 10.0. The van der Waals surface area contributed by atoms with E-state index in [1.54, 1.807) is 5.38 Å². The molecule has 0 radical (unpaired) electrons. The number of benzene rings is 1. The highest BCUT2D eigenvalue weighted by Crippen LogP contribution is 2.37. The monoisotopic (exact) mass is 397 g/mol. The van der Waals surface area contributed by atoms with Crippen LogP contribution in [0.15, 0.2) is 41.9 Å². The third-order valence-electron chi connectivity index (χ3n) is 3.24. The Bertz CT molecular complexity index is 877. The van der Waals surface area contributed by atoms with Gasteiger partial charge in [0, 0.05) is 17.1 Å². The number of amides is 2. The Labute approximate surface area is 156 Å². The molecule has 0 fully saturated rings. The molecule has 2 rings (SSSR count). The van der Waals surface area contributed by atoms with Crippen molar-refractivity contribution < 1.29 is 27.6 Å². The number of nitrogens with one attached hydrogen (secondary N) is 2. The summed E-state index contributed by atoms with van der Waals surface area (Å²) in [6.07, 6.45) is -1.68. The Morgan fingerprint density at radius 1 is 1.22 bits per heavy atom. The third kappa shape index (κ3) is 5.48. The van der Waals surface area contributed by atoms with Gasteiger partial charge < -0.3 is 10.6 Å². The number of carbonyl (C=O) groups is 3. The van der Waals surface area contributed by atoms with E-state index in [1.165, 1.54) is 19.2 Å². The smallest absolute Gasteiger partial charge is 0.321 e. The van der Waals surface area contributed by atoms with Gasteiger partial charge in [0.25, 0.3) is 0 Å². The van der Waals surface area contributed by atoms with E-state index in [4.69, 9.17) is 0 Å². The lowest BCUT2D eigenvalue weighted by Crippen LogP contribution is -2.21. The number of nitrogens with zero attached hydrogens (tertiary/aromatic N) is 1. The van der Waals surface area contributed by atoms with E-state index in [9.17, 15) is 27.6 Å². The van der Waals surface area contributed by atoms with Gasteiger partial charge in [0.15, 0.2) is 10.9 Å². The van der Waals surface area contributed by atoms with Crippen LogP contribution in [0.1, 0.15) is 29.3 Å². The highest BCUT2D eigenvalue weighted by atomic mass is 32.1. The van der Waals surface area contributed by atoms with Crippen LogP contribution in [0.4, 0.5) is 24.0 Å². The van der Waals surface area contributed by atoms with Crippen molar-refractivity contribution >= 4 is 39.8 Å². The SMILES string of the molecule is CC=CC(=O)Nc1c(C(=O)CC(=O)Nc2nccs2)cccc1C(F)(F)F. The van der Waals surface area contributed by atoms with Crippen molar-refractivity contribution in [1.29, 1.82) is 0 Å². The van der Waals surface area contributed by atoms with E-state index in [-0.39, 0.29) is 5.13 Å². The van der Waals surface area contributed by atoms with Crippen LogP contribution >= 0.6 is 11.3 Å². The fourth-order valence-electron chi connectivity index (χ4n) is 2.16. The molecule has 2 N–H and O–H groups in total. The fourth-order valence-corrected chi connectivity index (χ4v) is 2.71. The zero-order valence-corrected chi connectivity index (χ0v) is 14.8. The summed E-state index contributed by atoms with van der Waals surface area (Å²) in [6, 6.07) is 2.91. The van der Waals surface area contributed by atoms with Crippen LogP contribution in [0.3, 0.4) is 0 Å². The molecule has 1 aromatic carbocycles. The normalized spacial score (nSPS) is 11.4. The Kier molecular flexibility index (Phi) is 6.45. The first-order valence-electron chi connectivity index (χ1n) is 7.58. The summed E-state index contributed by atoms with van der Waals surface area (Å²) in [5, 5.41) is 6.33. The maximum atomic E-state index is 13.3. The molecule has 0 aliphatic rings. The first kappa shape index (κ1) is 20.3. The summed E-state index contributed by atoms with van der Waals surface area (Å²) in [6.45, 7) is 1.52. The summed E-state index contributed by atoms with van der Waals surface area (Å²) in [4.78, 5) is 39.9. The summed E-state index contributed by atoms with van der Waals surface area (Å²) in [5.41, 5.74) is -2.26. The molecule has 1 aromatic heterocycles. The highest BCUT2D eigenvalue weighted by Gasteiger charge is 2.35. The van der Waals surface area contributed by atoms with Crippen molar-refractivity contribution in [2.24, 2.45) is 0 Å². The summed E-state index contributed by atoms with van der Waals surface area (Å²) in [5.74, 6) is -2.42. The summed E-state index contributed by atoms with van der Waals surface area (Å²) >= 11 is 1.13. The molecule has 2 aromatic rings. The number of allylic oxidation sites excluding steroid dienone is 1. The maximum Gasteiger partial charge on any atom is 0.418 e. The predicted octanol–water partition coefficient (Wildman–Crippen LogP) is 3.89. The number of ketones is 1. The minimum atomic E-state index is -4.79. The highest BCUT2D eigenvalue weighted by molar-refractivity contribution is 7.13. The minimum absolute atomic E-state index is 0.262. The van der Waals surface area contributed by atoms with Gasteiger partial charge in [0.2, 0.25) is 11.8 Å². The van der Waals surface area contributed by atoms with E-state index in [0.29, 0.717) is 0 Å². The Hall–Kier alpha value is -3.01. The molecule has 6 nitrogen and oxygen atoms in total. The molecule has 0 aliphatic heterocycles. The van der Waals surface area contributed by atoms with Gasteiger partial charge in [-0.1, -0.05) is 12.1 Å². The van der Waals surface area contributed by atoms with Gasteiger partial charge in [0.1, 0.15) is 0 Å². The van der Waals surface area contributed by atoms with Crippen LogP contribution in [0.2, 0.25) is 0 Å². The zero-order valence-electron chi connectivity index (χ0n) is 14.0. The van der Waals surface area contributed by atoms with E-state index >= 15 is 0 Å². The topological polar surface area (TPSA) is 88.2 Å². The van der Waals surface area contributed by atoms with Crippen molar-refractivity contribution in [1.82, 2.24) is 4.98 Å². The molecule has 0 saturated heterocycles. The van der Waals surface area contributed by atoms with Crippen molar-refractivity contribution in [3.63, 3.8) is 0 Å². The van der Waals surface area contributed by atoms with Crippen molar-refractivity contribution in [3.05, 3.63) is 53.1 Å². The molecule has 0 bridgehead atoms. The minimum Gasteiger partial charge on any atom is -0.321 e. The largest absolute Gasteiger partial charge is 0.418 e. The molecule has 0 unspecified atom stereocenters. The molecular formula is C17H14F3N3O3S. The van der Waals surface area contributed by atoms with E-state index in [0.717, 1.165) is 35.6 Å². The number of alkyl halides is 3. The zero-order chi connectivity index (χ0) is 20.0. The molecule has 10 heteroatoms.